The van der Waals surface area contributed by atoms with E-state index in [2.05, 4.69) is 11.9 Å². The van der Waals surface area contributed by atoms with Crippen molar-refractivity contribution < 1.29 is 9.47 Å². The fourth-order valence-corrected chi connectivity index (χ4v) is 3.09. The molecular weight excluding hydrogens is 296 g/mol. The molecule has 0 fully saturated rings. The molecule has 120 valence electrons. The number of hydrogen-bond acceptors (Lipinski definition) is 5. The third-order valence-electron chi connectivity index (χ3n) is 3.32. The zero-order chi connectivity index (χ0) is 15.9. The lowest BCUT2D eigenvalue weighted by Crippen LogP contribution is -2.01. The fraction of sp³-hybridized carbons (Fsp3) is 0.471. The van der Waals surface area contributed by atoms with Crippen molar-refractivity contribution in [2.24, 2.45) is 0 Å². The van der Waals surface area contributed by atoms with Crippen molar-refractivity contribution in [3.05, 3.63) is 23.9 Å². The highest BCUT2D eigenvalue weighted by Gasteiger charge is 2.12. The molecule has 0 aliphatic carbocycles. The summed E-state index contributed by atoms with van der Waals surface area (Å²) in [6.45, 7) is 7.46. The van der Waals surface area contributed by atoms with Crippen molar-refractivity contribution in [3.8, 4) is 21.9 Å². The topological polar surface area (TPSA) is 57.4 Å². The lowest BCUT2D eigenvalue weighted by atomic mass is 10.1. The SMILES string of the molecule is CCCCCOc1ccc(-c2sc(N)nc2C)cc1OCC. The first-order valence-corrected chi connectivity index (χ1v) is 8.60. The number of hydrogen-bond donors (Lipinski definition) is 1. The van der Waals surface area contributed by atoms with Crippen LogP contribution in [-0.2, 0) is 0 Å². The van der Waals surface area contributed by atoms with Gasteiger partial charge in [0, 0.05) is 0 Å². The van der Waals surface area contributed by atoms with Crippen LogP contribution in [0.5, 0.6) is 11.5 Å². The largest absolute Gasteiger partial charge is 0.490 e. The summed E-state index contributed by atoms with van der Waals surface area (Å²) in [4.78, 5) is 5.36. The van der Waals surface area contributed by atoms with Crippen LogP contribution in [0.1, 0.15) is 38.8 Å². The zero-order valence-corrected chi connectivity index (χ0v) is 14.3. The van der Waals surface area contributed by atoms with Crippen LogP contribution in [0.15, 0.2) is 18.2 Å². The van der Waals surface area contributed by atoms with Gasteiger partial charge >= 0.3 is 0 Å². The number of ether oxygens (including phenoxy) is 2. The number of nitrogens with two attached hydrogens (primary N) is 1. The molecule has 2 aromatic rings. The number of thiazole rings is 1. The second kappa shape index (κ2) is 8.03. The average Bonchev–Trinajstić information content (AvgIpc) is 2.84. The molecule has 0 radical (unpaired) electrons. The first-order valence-electron chi connectivity index (χ1n) is 7.78. The summed E-state index contributed by atoms with van der Waals surface area (Å²) in [5.41, 5.74) is 7.80. The lowest BCUT2D eigenvalue weighted by molar-refractivity contribution is 0.271. The van der Waals surface area contributed by atoms with E-state index in [0.29, 0.717) is 11.7 Å². The molecule has 22 heavy (non-hydrogen) atoms. The first kappa shape index (κ1) is 16.6. The van der Waals surface area contributed by atoms with Gasteiger partial charge in [0.1, 0.15) is 0 Å². The van der Waals surface area contributed by atoms with Gasteiger partial charge in [-0.2, -0.15) is 0 Å². The molecule has 0 saturated heterocycles. The van der Waals surface area contributed by atoms with Gasteiger partial charge in [0.15, 0.2) is 16.6 Å². The van der Waals surface area contributed by atoms with Crippen LogP contribution in [0.2, 0.25) is 0 Å². The minimum Gasteiger partial charge on any atom is -0.490 e. The van der Waals surface area contributed by atoms with E-state index in [1.54, 1.807) is 0 Å². The minimum atomic E-state index is 0.588. The highest BCUT2D eigenvalue weighted by atomic mass is 32.1. The summed E-state index contributed by atoms with van der Waals surface area (Å²) in [5, 5.41) is 0.588. The fourth-order valence-electron chi connectivity index (χ4n) is 2.26. The van der Waals surface area contributed by atoms with Gasteiger partial charge in [-0.15, -0.1) is 0 Å². The van der Waals surface area contributed by atoms with Crippen LogP contribution in [0.4, 0.5) is 5.13 Å². The number of benzene rings is 1. The maximum Gasteiger partial charge on any atom is 0.180 e. The molecule has 5 heteroatoms. The molecule has 0 saturated carbocycles. The van der Waals surface area contributed by atoms with E-state index in [0.717, 1.165) is 40.7 Å². The molecule has 1 aromatic heterocycles. The van der Waals surface area contributed by atoms with Crippen LogP contribution >= 0.6 is 11.3 Å². The molecule has 0 atom stereocenters. The predicted octanol–water partition coefficient (Wildman–Crippen LogP) is 4.67. The van der Waals surface area contributed by atoms with E-state index in [1.165, 1.54) is 24.2 Å². The van der Waals surface area contributed by atoms with Crippen LogP contribution in [0.25, 0.3) is 10.4 Å². The van der Waals surface area contributed by atoms with Crippen LogP contribution in [0.3, 0.4) is 0 Å². The number of unbranched alkanes of at least 4 members (excludes halogenated alkanes) is 2. The van der Waals surface area contributed by atoms with Crippen LogP contribution in [0, 0.1) is 6.92 Å². The van der Waals surface area contributed by atoms with Gasteiger partial charge in [0.05, 0.1) is 23.8 Å². The Morgan fingerprint density at radius 3 is 2.59 bits per heavy atom. The Morgan fingerprint density at radius 1 is 1.14 bits per heavy atom. The summed E-state index contributed by atoms with van der Waals surface area (Å²) in [7, 11) is 0. The highest BCUT2D eigenvalue weighted by molar-refractivity contribution is 7.18. The average molecular weight is 320 g/mol. The van der Waals surface area contributed by atoms with Gasteiger partial charge in [-0.05, 0) is 44.0 Å². The Morgan fingerprint density at radius 2 is 1.95 bits per heavy atom. The summed E-state index contributed by atoms with van der Waals surface area (Å²) in [6.07, 6.45) is 3.43. The lowest BCUT2D eigenvalue weighted by Gasteiger charge is -2.13. The van der Waals surface area contributed by atoms with Crippen molar-refractivity contribution in [2.75, 3.05) is 18.9 Å². The first-order chi connectivity index (χ1) is 10.7. The second-order valence-corrected chi connectivity index (χ2v) is 6.15. The van der Waals surface area contributed by atoms with Crippen LogP contribution < -0.4 is 15.2 Å². The third kappa shape index (κ3) is 4.13. The summed E-state index contributed by atoms with van der Waals surface area (Å²) < 4.78 is 11.6. The quantitative estimate of drug-likeness (QED) is 0.718. The molecule has 0 spiro atoms. The minimum absolute atomic E-state index is 0.588. The Kier molecular flexibility index (Phi) is 6.07. The molecule has 0 unspecified atom stereocenters. The summed E-state index contributed by atoms with van der Waals surface area (Å²) in [5.74, 6) is 1.58. The zero-order valence-electron chi connectivity index (χ0n) is 13.5. The monoisotopic (exact) mass is 320 g/mol. The van der Waals surface area contributed by atoms with Gasteiger partial charge in [-0.1, -0.05) is 31.1 Å². The standard InChI is InChI=1S/C17H24N2O2S/c1-4-6-7-10-21-14-9-8-13(11-15(14)20-5-2)16-12(3)19-17(18)22-16/h8-9,11H,4-7,10H2,1-3H3,(H2,18,19). The van der Waals surface area contributed by atoms with Crippen molar-refractivity contribution in [3.63, 3.8) is 0 Å². The number of nitrogens with zero attached hydrogens (tertiary/aromatic N) is 1. The summed E-state index contributed by atoms with van der Waals surface area (Å²) in [6, 6.07) is 6.03. The molecule has 0 aliphatic heterocycles. The maximum absolute atomic E-state index is 5.86. The number of aromatic nitrogens is 1. The van der Waals surface area contributed by atoms with Gasteiger partial charge in [0.25, 0.3) is 0 Å². The van der Waals surface area contributed by atoms with E-state index >= 15 is 0 Å². The predicted molar refractivity (Wildman–Crippen MR) is 92.9 cm³/mol. The molecule has 0 amide bonds. The normalized spacial score (nSPS) is 10.7. The van der Waals surface area contributed by atoms with Crippen LogP contribution in [-0.4, -0.2) is 18.2 Å². The van der Waals surface area contributed by atoms with E-state index in [1.807, 2.05) is 32.0 Å². The van der Waals surface area contributed by atoms with Crippen molar-refractivity contribution in [1.82, 2.24) is 4.98 Å². The molecular formula is C17H24N2O2S. The second-order valence-electron chi connectivity index (χ2n) is 5.12. The van der Waals surface area contributed by atoms with Gasteiger partial charge in [0.2, 0.25) is 0 Å². The Bertz CT molecular complexity index is 611. The molecule has 2 N–H and O–H groups in total. The van der Waals surface area contributed by atoms with E-state index in [4.69, 9.17) is 15.2 Å². The van der Waals surface area contributed by atoms with E-state index < -0.39 is 0 Å². The molecule has 1 heterocycles. The van der Waals surface area contributed by atoms with Crippen molar-refractivity contribution in [2.45, 2.75) is 40.0 Å². The number of rotatable bonds is 8. The molecule has 0 aliphatic rings. The Balaban J connectivity index is 2.20. The number of nitrogen functional groups attached to an aromatic ring is 1. The molecule has 2 rings (SSSR count). The van der Waals surface area contributed by atoms with Gasteiger partial charge in [-0.25, -0.2) is 4.98 Å². The number of aryl methyl sites for hydroxylation is 1. The Hall–Kier alpha value is -1.75. The Labute approximate surface area is 136 Å². The van der Waals surface area contributed by atoms with Gasteiger partial charge < -0.3 is 15.2 Å². The molecule has 1 aromatic carbocycles. The molecule has 4 nitrogen and oxygen atoms in total. The smallest absolute Gasteiger partial charge is 0.180 e. The van der Waals surface area contributed by atoms with Crippen molar-refractivity contribution >= 4 is 16.5 Å². The highest BCUT2D eigenvalue weighted by Crippen LogP contribution is 2.37. The van der Waals surface area contributed by atoms with E-state index in [-0.39, 0.29) is 0 Å². The van der Waals surface area contributed by atoms with E-state index in [9.17, 15) is 0 Å². The van der Waals surface area contributed by atoms with Crippen molar-refractivity contribution in [1.29, 1.82) is 0 Å². The molecule has 0 bridgehead atoms. The number of anilines is 1. The third-order valence-corrected chi connectivity index (χ3v) is 4.36. The summed E-state index contributed by atoms with van der Waals surface area (Å²) >= 11 is 1.49. The van der Waals surface area contributed by atoms with Gasteiger partial charge in [-0.3, -0.25) is 0 Å². The maximum atomic E-state index is 5.86.